The molecule has 1 aromatic carbocycles. The average Bonchev–Trinajstić information content (AvgIpc) is 3.23. The van der Waals surface area contributed by atoms with E-state index in [4.69, 9.17) is 0 Å². The number of hydrogen-bond donors (Lipinski definition) is 2. The molecule has 2 N–H and O–H groups in total. The Balaban J connectivity index is 0.00000261. The lowest BCUT2D eigenvalue weighted by atomic mass is 10.1. The fraction of sp³-hybridized carbons (Fsp3) is 0.632. The Morgan fingerprint density at radius 3 is 2.44 bits per heavy atom. The van der Waals surface area contributed by atoms with Gasteiger partial charge in [-0.05, 0) is 50.4 Å². The third-order valence-corrected chi connectivity index (χ3v) is 6.73. The standard InChI is InChI=1S/C19H30N4O2S.HI/c1-2-20-19(22-18-9-12-26(24,25)15-18)21-13-16-5-7-17(8-6-16)14-23-10-3-4-11-23;/h5-8,18H,2-4,9-15H2,1H3,(H2,20,21,22);1H. The van der Waals surface area contributed by atoms with E-state index in [0.29, 0.717) is 18.9 Å². The van der Waals surface area contributed by atoms with Crippen molar-refractivity contribution < 1.29 is 8.42 Å². The van der Waals surface area contributed by atoms with Gasteiger partial charge in [-0.3, -0.25) is 4.90 Å². The summed E-state index contributed by atoms with van der Waals surface area (Å²) in [5.74, 6) is 1.15. The first kappa shape index (κ1) is 22.4. The summed E-state index contributed by atoms with van der Waals surface area (Å²) in [6.07, 6.45) is 3.28. The summed E-state index contributed by atoms with van der Waals surface area (Å²) < 4.78 is 23.2. The number of rotatable bonds is 6. The number of nitrogens with one attached hydrogen (secondary N) is 2. The van der Waals surface area contributed by atoms with E-state index in [-0.39, 0.29) is 41.5 Å². The molecule has 1 atom stereocenters. The molecule has 0 amide bonds. The fourth-order valence-electron chi connectivity index (χ4n) is 3.54. The summed E-state index contributed by atoms with van der Waals surface area (Å²) in [5.41, 5.74) is 2.51. The number of hydrogen-bond acceptors (Lipinski definition) is 4. The summed E-state index contributed by atoms with van der Waals surface area (Å²) in [5, 5.41) is 6.46. The maximum atomic E-state index is 11.6. The van der Waals surface area contributed by atoms with Crippen molar-refractivity contribution in [1.29, 1.82) is 0 Å². The van der Waals surface area contributed by atoms with Crippen molar-refractivity contribution in [1.82, 2.24) is 15.5 Å². The molecule has 0 aromatic heterocycles. The summed E-state index contributed by atoms with van der Waals surface area (Å²) in [7, 11) is -2.89. The lowest BCUT2D eigenvalue weighted by Gasteiger charge is -2.16. The van der Waals surface area contributed by atoms with Crippen LogP contribution in [0.3, 0.4) is 0 Å². The van der Waals surface area contributed by atoms with Crippen LogP contribution in [-0.4, -0.2) is 56.5 Å². The smallest absolute Gasteiger partial charge is 0.191 e. The molecule has 6 nitrogen and oxygen atoms in total. The Morgan fingerprint density at radius 2 is 1.85 bits per heavy atom. The highest BCUT2D eigenvalue weighted by Crippen LogP contribution is 2.14. The van der Waals surface area contributed by atoms with Crippen LogP contribution >= 0.6 is 24.0 Å². The number of aliphatic imine (C=N–C) groups is 1. The van der Waals surface area contributed by atoms with Crippen molar-refractivity contribution >= 4 is 39.8 Å². The molecular formula is C19H31IN4O2S. The number of benzene rings is 1. The fourth-order valence-corrected chi connectivity index (χ4v) is 5.21. The molecule has 2 saturated heterocycles. The van der Waals surface area contributed by atoms with Gasteiger partial charge in [-0.15, -0.1) is 24.0 Å². The van der Waals surface area contributed by atoms with Crippen LogP contribution in [0.2, 0.25) is 0 Å². The van der Waals surface area contributed by atoms with E-state index >= 15 is 0 Å². The Morgan fingerprint density at radius 1 is 1.19 bits per heavy atom. The SMILES string of the molecule is CCNC(=NCc1ccc(CN2CCCC2)cc1)NC1CCS(=O)(=O)C1.I. The van der Waals surface area contributed by atoms with Crippen LogP contribution in [-0.2, 0) is 22.9 Å². The van der Waals surface area contributed by atoms with Gasteiger partial charge in [0.15, 0.2) is 15.8 Å². The van der Waals surface area contributed by atoms with Crippen molar-refractivity contribution in [2.75, 3.05) is 31.1 Å². The minimum atomic E-state index is -2.89. The number of likely N-dealkylation sites (tertiary alicyclic amines) is 1. The minimum absolute atomic E-state index is 0. The zero-order valence-corrected chi connectivity index (χ0v) is 19.1. The molecule has 0 aliphatic carbocycles. The molecule has 0 saturated carbocycles. The highest BCUT2D eigenvalue weighted by atomic mass is 127. The predicted octanol–water partition coefficient (Wildman–Crippen LogP) is 2.14. The summed E-state index contributed by atoms with van der Waals surface area (Å²) in [6, 6.07) is 8.61. The van der Waals surface area contributed by atoms with Gasteiger partial charge in [0.05, 0.1) is 18.1 Å². The van der Waals surface area contributed by atoms with E-state index in [1.807, 2.05) is 6.92 Å². The number of nitrogens with zero attached hydrogens (tertiary/aromatic N) is 2. The maximum absolute atomic E-state index is 11.6. The second-order valence-corrected chi connectivity index (χ2v) is 9.47. The molecule has 8 heteroatoms. The van der Waals surface area contributed by atoms with Crippen LogP contribution in [0.4, 0.5) is 0 Å². The molecule has 1 aromatic rings. The molecule has 0 spiro atoms. The van der Waals surface area contributed by atoms with Crippen molar-refractivity contribution in [2.24, 2.45) is 4.99 Å². The average molecular weight is 506 g/mol. The second kappa shape index (κ2) is 10.6. The van der Waals surface area contributed by atoms with Gasteiger partial charge in [0, 0.05) is 19.1 Å². The molecule has 152 valence electrons. The van der Waals surface area contributed by atoms with Crippen molar-refractivity contribution in [3.8, 4) is 0 Å². The van der Waals surface area contributed by atoms with E-state index in [1.54, 1.807) is 0 Å². The molecule has 2 aliphatic rings. The first-order valence-electron chi connectivity index (χ1n) is 9.59. The number of halogens is 1. The normalized spacial score (nSPS) is 22.4. The Bertz CT molecular complexity index is 716. The lowest BCUT2D eigenvalue weighted by molar-refractivity contribution is 0.331. The Hall–Kier alpha value is -0.870. The van der Waals surface area contributed by atoms with Crippen LogP contribution in [0, 0.1) is 0 Å². The van der Waals surface area contributed by atoms with Gasteiger partial charge in [0.1, 0.15) is 0 Å². The number of guanidine groups is 1. The van der Waals surface area contributed by atoms with E-state index < -0.39 is 9.84 Å². The first-order valence-corrected chi connectivity index (χ1v) is 11.4. The van der Waals surface area contributed by atoms with Crippen LogP contribution in [0.15, 0.2) is 29.3 Å². The largest absolute Gasteiger partial charge is 0.357 e. The first-order chi connectivity index (χ1) is 12.5. The van der Waals surface area contributed by atoms with E-state index in [1.165, 1.54) is 31.5 Å². The molecule has 0 bridgehead atoms. The van der Waals surface area contributed by atoms with Gasteiger partial charge in [0.25, 0.3) is 0 Å². The van der Waals surface area contributed by atoms with Gasteiger partial charge in [-0.2, -0.15) is 0 Å². The molecule has 27 heavy (non-hydrogen) atoms. The van der Waals surface area contributed by atoms with Crippen LogP contribution in [0.1, 0.15) is 37.3 Å². The second-order valence-electron chi connectivity index (χ2n) is 7.24. The summed E-state index contributed by atoms with van der Waals surface area (Å²) in [6.45, 7) is 6.79. The molecule has 0 radical (unpaired) electrons. The zero-order chi connectivity index (χ0) is 18.4. The van der Waals surface area contributed by atoms with Crippen molar-refractivity contribution in [3.63, 3.8) is 0 Å². The quantitative estimate of drug-likeness (QED) is 0.352. The van der Waals surface area contributed by atoms with E-state index in [0.717, 1.165) is 18.7 Å². The molecule has 2 aliphatic heterocycles. The highest BCUT2D eigenvalue weighted by molar-refractivity contribution is 14.0. The third-order valence-electron chi connectivity index (χ3n) is 4.97. The third kappa shape index (κ3) is 7.23. The van der Waals surface area contributed by atoms with Gasteiger partial charge >= 0.3 is 0 Å². The molecule has 2 fully saturated rings. The lowest BCUT2D eigenvalue weighted by Crippen LogP contribution is -2.44. The minimum Gasteiger partial charge on any atom is -0.357 e. The molecule has 2 heterocycles. The van der Waals surface area contributed by atoms with Crippen LogP contribution in [0.5, 0.6) is 0 Å². The van der Waals surface area contributed by atoms with Gasteiger partial charge in [0.2, 0.25) is 0 Å². The van der Waals surface area contributed by atoms with Crippen LogP contribution < -0.4 is 10.6 Å². The van der Waals surface area contributed by atoms with Crippen molar-refractivity contribution in [3.05, 3.63) is 35.4 Å². The monoisotopic (exact) mass is 506 g/mol. The molecule has 1 unspecified atom stereocenters. The topological polar surface area (TPSA) is 73.8 Å². The molecular weight excluding hydrogens is 475 g/mol. The van der Waals surface area contributed by atoms with Crippen molar-refractivity contribution in [2.45, 2.75) is 45.3 Å². The molecule has 3 rings (SSSR count). The van der Waals surface area contributed by atoms with Crippen LogP contribution in [0.25, 0.3) is 0 Å². The van der Waals surface area contributed by atoms with E-state index in [9.17, 15) is 8.42 Å². The maximum Gasteiger partial charge on any atom is 0.191 e. The summed E-state index contributed by atoms with van der Waals surface area (Å²) >= 11 is 0. The number of sulfone groups is 1. The highest BCUT2D eigenvalue weighted by Gasteiger charge is 2.28. The zero-order valence-electron chi connectivity index (χ0n) is 16.0. The van der Waals surface area contributed by atoms with Gasteiger partial charge in [-0.25, -0.2) is 13.4 Å². The summed E-state index contributed by atoms with van der Waals surface area (Å²) in [4.78, 5) is 7.11. The Kier molecular flexibility index (Phi) is 8.81. The van der Waals surface area contributed by atoms with Gasteiger partial charge in [-0.1, -0.05) is 24.3 Å². The van der Waals surface area contributed by atoms with Gasteiger partial charge < -0.3 is 10.6 Å². The van der Waals surface area contributed by atoms with E-state index in [2.05, 4.69) is 44.8 Å². The Labute approximate surface area is 180 Å². The predicted molar refractivity (Wildman–Crippen MR) is 121 cm³/mol.